The normalized spacial score (nSPS) is 10.1. The van der Waals surface area contributed by atoms with E-state index in [1.807, 2.05) is 0 Å². The number of phenols is 1. The molecule has 92 valence electrons. The maximum absolute atomic E-state index is 11.8. The lowest BCUT2D eigenvalue weighted by Crippen LogP contribution is -2.13. The van der Waals surface area contributed by atoms with Crippen LogP contribution < -0.4 is 5.32 Å². The van der Waals surface area contributed by atoms with Gasteiger partial charge in [0.1, 0.15) is 5.75 Å². The number of aromatic hydroxyl groups is 1. The quantitative estimate of drug-likeness (QED) is 0.889. The lowest BCUT2D eigenvalue weighted by molar-refractivity contribution is 0.102. The Morgan fingerprint density at radius 2 is 1.94 bits per heavy atom. The summed E-state index contributed by atoms with van der Waals surface area (Å²) >= 11 is 11.2. The van der Waals surface area contributed by atoms with Crippen molar-refractivity contribution in [2.45, 2.75) is 0 Å². The Balaban J connectivity index is 2.19. The summed E-state index contributed by atoms with van der Waals surface area (Å²) in [5.74, 6) is -0.485. The largest absolute Gasteiger partial charge is 0.507 e. The number of anilines is 1. The molecule has 1 aromatic heterocycles. The number of amides is 1. The van der Waals surface area contributed by atoms with Crippen molar-refractivity contribution in [3.8, 4) is 5.75 Å². The van der Waals surface area contributed by atoms with Crippen LogP contribution in [0.4, 0.5) is 5.82 Å². The minimum absolute atomic E-state index is 0.0937. The van der Waals surface area contributed by atoms with Crippen LogP contribution in [-0.2, 0) is 0 Å². The molecule has 0 aliphatic carbocycles. The minimum Gasteiger partial charge on any atom is -0.507 e. The van der Waals surface area contributed by atoms with Crippen molar-refractivity contribution >= 4 is 34.9 Å². The van der Waals surface area contributed by atoms with Gasteiger partial charge in [-0.2, -0.15) is 0 Å². The van der Waals surface area contributed by atoms with Crippen LogP contribution in [0.25, 0.3) is 0 Å². The Hall–Kier alpha value is -1.85. The fourth-order valence-corrected chi connectivity index (χ4v) is 1.53. The van der Waals surface area contributed by atoms with E-state index in [0.29, 0.717) is 5.02 Å². The number of nitrogens with zero attached hydrogens (tertiary/aromatic N) is 2. The van der Waals surface area contributed by atoms with Crippen LogP contribution in [0.15, 0.2) is 30.3 Å². The van der Waals surface area contributed by atoms with Gasteiger partial charge in [0.2, 0.25) is 0 Å². The van der Waals surface area contributed by atoms with Crippen LogP contribution in [0.2, 0.25) is 10.2 Å². The molecule has 18 heavy (non-hydrogen) atoms. The SMILES string of the molecule is O=C(Nc1ccc(Cl)nn1)c1ccc(Cl)cc1O. The van der Waals surface area contributed by atoms with E-state index in [1.165, 1.54) is 30.3 Å². The molecule has 0 radical (unpaired) electrons. The lowest BCUT2D eigenvalue weighted by Gasteiger charge is -2.05. The first-order valence-corrected chi connectivity index (χ1v) is 5.61. The molecule has 2 rings (SSSR count). The summed E-state index contributed by atoms with van der Waals surface area (Å²) in [4.78, 5) is 11.8. The van der Waals surface area contributed by atoms with Crippen molar-refractivity contribution in [3.05, 3.63) is 46.1 Å². The zero-order chi connectivity index (χ0) is 13.1. The third-order valence-corrected chi connectivity index (χ3v) is 2.51. The summed E-state index contributed by atoms with van der Waals surface area (Å²) in [6.45, 7) is 0. The highest BCUT2D eigenvalue weighted by atomic mass is 35.5. The number of hydrogen-bond acceptors (Lipinski definition) is 4. The maximum atomic E-state index is 11.8. The van der Waals surface area contributed by atoms with E-state index < -0.39 is 5.91 Å². The second-order valence-corrected chi connectivity index (χ2v) is 4.18. The van der Waals surface area contributed by atoms with Crippen LogP contribution in [0.5, 0.6) is 5.75 Å². The first kappa shape index (κ1) is 12.6. The molecule has 0 saturated carbocycles. The first-order chi connectivity index (χ1) is 8.56. The van der Waals surface area contributed by atoms with Gasteiger partial charge in [0.05, 0.1) is 5.56 Å². The zero-order valence-corrected chi connectivity index (χ0v) is 10.4. The molecule has 0 aliphatic heterocycles. The first-order valence-electron chi connectivity index (χ1n) is 4.85. The molecule has 0 aliphatic rings. The smallest absolute Gasteiger partial charge is 0.260 e. The number of benzene rings is 1. The molecule has 1 aromatic carbocycles. The molecule has 0 saturated heterocycles. The lowest BCUT2D eigenvalue weighted by atomic mass is 10.2. The van der Waals surface area contributed by atoms with Gasteiger partial charge in [-0.05, 0) is 30.3 Å². The van der Waals surface area contributed by atoms with Gasteiger partial charge in [-0.3, -0.25) is 4.79 Å². The predicted octanol–water partition coefficient (Wildman–Crippen LogP) is 2.74. The second kappa shape index (κ2) is 5.20. The highest BCUT2D eigenvalue weighted by Gasteiger charge is 2.12. The van der Waals surface area contributed by atoms with Crippen molar-refractivity contribution in [3.63, 3.8) is 0 Å². The molecule has 2 N–H and O–H groups in total. The summed E-state index contributed by atoms with van der Waals surface area (Å²) in [5.41, 5.74) is 0.0937. The van der Waals surface area contributed by atoms with Crippen LogP contribution in [0, 0.1) is 0 Å². The molecule has 0 spiro atoms. The number of aromatic nitrogens is 2. The highest BCUT2D eigenvalue weighted by molar-refractivity contribution is 6.31. The van der Waals surface area contributed by atoms with Crippen LogP contribution >= 0.6 is 23.2 Å². The number of carbonyl (C=O) groups is 1. The van der Waals surface area contributed by atoms with Gasteiger partial charge in [-0.1, -0.05) is 23.2 Å². The fourth-order valence-electron chi connectivity index (χ4n) is 1.26. The van der Waals surface area contributed by atoms with E-state index in [9.17, 15) is 9.90 Å². The van der Waals surface area contributed by atoms with E-state index in [1.54, 1.807) is 0 Å². The molecule has 0 fully saturated rings. The van der Waals surface area contributed by atoms with Crippen molar-refractivity contribution in [1.29, 1.82) is 0 Å². The number of rotatable bonds is 2. The summed E-state index contributed by atoms with van der Waals surface area (Å²) in [6, 6.07) is 7.19. The third-order valence-electron chi connectivity index (χ3n) is 2.08. The van der Waals surface area contributed by atoms with Crippen molar-refractivity contribution < 1.29 is 9.90 Å². The molecular formula is C11H7Cl2N3O2. The summed E-state index contributed by atoms with van der Waals surface area (Å²) in [6.07, 6.45) is 0. The Morgan fingerprint density at radius 3 is 2.56 bits per heavy atom. The molecule has 1 heterocycles. The molecule has 1 amide bonds. The van der Waals surface area contributed by atoms with E-state index in [4.69, 9.17) is 23.2 Å². The number of hydrogen-bond donors (Lipinski definition) is 2. The molecule has 5 nitrogen and oxygen atoms in total. The fraction of sp³-hybridized carbons (Fsp3) is 0. The van der Waals surface area contributed by atoms with Gasteiger partial charge < -0.3 is 10.4 Å². The number of halogens is 2. The Morgan fingerprint density at radius 1 is 1.17 bits per heavy atom. The van der Waals surface area contributed by atoms with E-state index >= 15 is 0 Å². The predicted molar refractivity (Wildman–Crippen MR) is 68.1 cm³/mol. The minimum atomic E-state index is -0.513. The molecule has 0 bridgehead atoms. The van der Waals surface area contributed by atoms with E-state index in [0.717, 1.165) is 0 Å². The monoisotopic (exact) mass is 283 g/mol. The van der Waals surface area contributed by atoms with Crippen molar-refractivity contribution in [2.24, 2.45) is 0 Å². The van der Waals surface area contributed by atoms with Gasteiger partial charge in [-0.15, -0.1) is 10.2 Å². The summed E-state index contributed by atoms with van der Waals surface area (Å²) in [7, 11) is 0. The van der Waals surface area contributed by atoms with E-state index in [-0.39, 0.29) is 22.3 Å². The van der Waals surface area contributed by atoms with Crippen molar-refractivity contribution in [1.82, 2.24) is 10.2 Å². The van der Waals surface area contributed by atoms with Gasteiger partial charge in [0, 0.05) is 5.02 Å². The molecule has 0 atom stereocenters. The van der Waals surface area contributed by atoms with Gasteiger partial charge >= 0.3 is 0 Å². The van der Waals surface area contributed by atoms with Gasteiger partial charge in [0.25, 0.3) is 5.91 Å². The number of carbonyl (C=O) groups excluding carboxylic acids is 1. The summed E-state index contributed by atoms with van der Waals surface area (Å²) < 4.78 is 0. The highest BCUT2D eigenvalue weighted by Crippen LogP contribution is 2.22. The summed E-state index contributed by atoms with van der Waals surface area (Å²) in [5, 5.41) is 19.9. The molecule has 2 aromatic rings. The molecular weight excluding hydrogens is 277 g/mol. The Labute approximate surface area is 112 Å². The van der Waals surface area contributed by atoms with E-state index in [2.05, 4.69) is 15.5 Å². The average molecular weight is 284 g/mol. The Bertz CT molecular complexity index is 587. The number of phenolic OH excluding ortho intramolecular Hbond substituents is 1. The molecule has 7 heteroatoms. The average Bonchev–Trinajstić information content (AvgIpc) is 2.32. The van der Waals surface area contributed by atoms with Crippen LogP contribution in [0.1, 0.15) is 10.4 Å². The van der Waals surface area contributed by atoms with Crippen molar-refractivity contribution in [2.75, 3.05) is 5.32 Å². The van der Waals surface area contributed by atoms with Crippen LogP contribution in [-0.4, -0.2) is 21.2 Å². The Kier molecular flexibility index (Phi) is 3.64. The topological polar surface area (TPSA) is 75.1 Å². The zero-order valence-electron chi connectivity index (χ0n) is 8.89. The van der Waals surface area contributed by atoms with Gasteiger partial charge in [0.15, 0.2) is 11.0 Å². The molecule has 0 unspecified atom stereocenters. The third kappa shape index (κ3) is 2.88. The van der Waals surface area contributed by atoms with Gasteiger partial charge in [-0.25, -0.2) is 0 Å². The maximum Gasteiger partial charge on any atom is 0.260 e. The standard InChI is InChI=1S/C11H7Cl2N3O2/c12-6-1-2-7(8(17)5-6)11(18)14-10-4-3-9(13)15-16-10/h1-5,17H,(H,14,16,18). The second-order valence-electron chi connectivity index (χ2n) is 3.36. The van der Waals surface area contributed by atoms with Crippen LogP contribution in [0.3, 0.4) is 0 Å². The number of nitrogens with one attached hydrogen (secondary N) is 1.